The van der Waals surface area contributed by atoms with Crippen LogP contribution in [0.25, 0.3) is 11.2 Å². The largest absolute Gasteiger partial charge is 0.382 e. The lowest BCUT2D eigenvalue weighted by molar-refractivity contribution is 0.0541. The van der Waals surface area contributed by atoms with Gasteiger partial charge in [-0.05, 0) is 25.3 Å². The molecular weight excluding hydrogens is 507 g/mol. The van der Waals surface area contributed by atoms with Crippen LogP contribution in [0, 0.1) is 0 Å². The molecule has 1 unspecified atom stereocenters. The predicted molar refractivity (Wildman–Crippen MR) is 148 cm³/mol. The Labute approximate surface area is 224 Å². The quantitative estimate of drug-likeness (QED) is 0.128. The Morgan fingerprint density at radius 1 is 1.05 bits per heavy atom. The standard InChI is InChI=1S/C26H39N6O5P/c1-3-4-5-6-7-11-14-34-15-16-36-38(33,37-18-22-12-9-8-10-13-22)20-35-21(2)17-32-19-29-23-24(27)30-26(28)31-25(23)32/h6-10,12-13,19,21H,3-5,11,14-18,20H2,1-2H3,(H4,27,28,30,31)/b7-6-/t21-,38?/m1/s1. The van der Waals surface area contributed by atoms with Gasteiger partial charge in [0, 0.05) is 0 Å². The van der Waals surface area contributed by atoms with Gasteiger partial charge in [0.1, 0.15) is 11.9 Å². The lowest BCUT2D eigenvalue weighted by Gasteiger charge is -2.21. The molecular formula is C26H39N6O5P. The van der Waals surface area contributed by atoms with Crippen LogP contribution in [0.1, 0.15) is 45.1 Å². The zero-order valence-electron chi connectivity index (χ0n) is 22.2. The maximum atomic E-state index is 13.5. The lowest BCUT2D eigenvalue weighted by atomic mass is 10.2. The first-order valence-electron chi connectivity index (χ1n) is 12.9. The summed E-state index contributed by atoms with van der Waals surface area (Å²) >= 11 is 0. The maximum absolute atomic E-state index is 13.5. The second-order valence-corrected chi connectivity index (χ2v) is 10.9. The minimum atomic E-state index is -3.57. The number of unbranched alkanes of at least 4 members (excludes halogenated alkanes) is 2. The lowest BCUT2D eigenvalue weighted by Crippen LogP contribution is -2.19. The maximum Gasteiger partial charge on any atom is 0.356 e. The van der Waals surface area contributed by atoms with E-state index in [2.05, 4.69) is 34.0 Å². The normalized spacial score (nSPS) is 14.3. The molecule has 0 fully saturated rings. The number of fused-ring (bicyclic) bond motifs is 1. The van der Waals surface area contributed by atoms with Crippen molar-refractivity contribution >= 4 is 30.5 Å². The van der Waals surface area contributed by atoms with Crippen molar-refractivity contribution in [2.45, 2.75) is 58.8 Å². The van der Waals surface area contributed by atoms with E-state index in [1.165, 1.54) is 12.8 Å². The van der Waals surface area contributed by atoms with Gasteiger partial charge < -0.3 is 34.6 Å². The highest BCUT2D eigenvalue weighted by atomic mass is 31.2. The number of nitrogens with two attached hydrogens (primary N) is 2. The minimum Gasteiger partial charge on any atom is -0.382 e. The summed E-state index contributed by atoms with van der Waals surface area (Å²) in [6, 6.07) is 9.49. The van der Waals surface area contributed by atoms with E-state index < -0.39 is 7.60 Å². The van der Waals surface area contributed by atoms with E-state index in [9.17, 15) is 4.57 Å². The predicted octanol–water partition coefficient (Wildman–Crippen LogP) is 4.93. The number of hydrogen-bond acceptors (Lipinski definition) is 10. The first-order valence-corrected chi connectivity index (χ1v) is 14.6. The number of ether oxygens (including phenoxy) is 2. The monoisotopic (exact) mass is 546 g/mol. The van der Waals surface area contributed by atoms with E-state index >= 15 is 0 Å². The molecule has 0 saturated heterocycles. The number of benzene rings is 1. The molecule has 11 nitrogen and oxygen atoms in total. The molecule has 0 spiro atoms. The van der Waals surface area contributed by atoms with Crippen LogP contribution >= 0.6 is 7.60 Å². The topological polar surface area (TPSA) is 150 Å². The fourth-order valence-electron chi connectivity index (χ4n) is 3.57. The summed E-state index contributed by atoms with van der Waals surface area (Å²) < 4.78 is 38.2. The number of nitrogens with zero attached hydrogens (tertiary/aromatic N) is 4. The molecule has 12 heteroatoms. The molecule has 38 heavy (non-hydrogen) atoms. The molecule has 3 aromatic rings. The molecule has 0 radical (unpaired) electrons. The van der Waals surface area contributed by atoms with E-state index in [-0.39, 0.29) is 37.4 Å². The molecule has 3 rings (SSSR count). The summed E-state index contributed by atoms with van der Waals surface area (Å²) in [5, 5.41) is 0. The molecule has 4 N–H and O–H groups in total. The number of hydrogen-bond donors (Lipinski definition) is 2. The molecule has 0 aliphatic carbocycles. The van der Waals surface area contributed by atoms with Gasteiger partial charge in [0.15, 0.2) is 11.5 Å². The number of imidazole rings is 1. The molecule has 2 aromatic heterocycles. The Kier molecular flexibility index (Phi) is 12.2. The fraction of sp³-hybridized carbons (Fsp3) is 0.500. The van der Waals surface area contributed by atoms with Crippen molar-refractivity contribution in [3.05, 3.63) is 54.4 Å². The summed E-state index contributed by atoms with van der Waals surface area (Å²) in [5.41, 5.74) is 13.5. The molecule has 0 bridgehead atoms. The summed E-state index contributed by atoms with van der Waals surface area (Å²) in [7, 11) is -3.57. The van der Waals surface area contributed by atoms with E-state index in [1.54, 1.807) is 10.9 Å². The molecule has 0 aliphatic rings. The van der Waals surface area contributed by atoms with E-state index in [0.717, 1.165) is 18.4 Å². The first-order chi connectivity index (χ1) is 18.4. The Morgan fingerprint density at radius 3 is 2.63 bits per heavy atom. The summed E-state index contributed by atoms with van der Waals surface area (Å²) in [4.78, 5) is 12.4. The van der Waals surface area contributed by atoms with Crippen LogP contribution in [0.5, 0.6) is 0 Å². The summed E-state index contributed by atoms with van der Waals surface area (Å²) in [6.07, 6.45) is 9.62. The third-order valence-electron chi connectivity index (χ3n) is 5.59. The van der Waals surface area contributed by atoms with Gasteiger partial charge in [-0.25, -0.2) is 4.98 Å². The number of rotatable bonds is 18. The number of allylic oxidation sites excluding steroid dienone is 1. The summed E-state index contributed by atoms with van der Waals surface area (Å²) in [6.45, 7) is 5.55. The van der Waals surface area contributed by atoms with Crippen LogP contribution in [0.2, 0.25) is 0 Å². The van der Waals surface area contributed by atoms with Gasteiger partial charge in [-0.3, -0.25) is 4.57 Å². The zero-order valence-corrected chi connectivity index (χ0v) is 23.1. The summed E-state index contributed by atoms with van der Waals surface area (Å²) in [5.74, 6) is 0.272. The molecule has 2 atom stereocenters. The van der Waals surface area contributed by atoms with Crippen molar-refractivity contribution < 1.29 is 23.1 Å². The molecule has 0 aliphatic heterocycles. The Morgan fingerprint density at radius 2 is 1.84 bits per heavy atom. The van der Waals surface area contributed by atoms with Crippen molar-refractivity contribution in [3.63, 3.8) is 0 Å². The Hall–Kier alpha value is -2.82. The zero-order chi connectivity index (χ0) is 27.2. The van der Waals surface area contributed by atoms with Crippen molar-refractivity contribution in [1.82, 2.24) is 19.5 Å². The van der Waals surface area contributed by atoms with E-state index in [1.807, 2.05) is 37.3 Å². The highest BCUT2D eigenvalue weighted by Gasteiger charge is 2.27. The molecule has 0 saturated carbocycles. The average molecular weight is 547 g/mol. The highest BCUT2D eigenvalue weighted by Crippen LogP contribution is 2.49. The van der Waals surface area contributed by atoms with Crippen molar-refractivity contribution in [1.29, 1.82) is 0 Å². The molecule has 2 heterocycles. The number of aromatic nitrogens is 4. The fourth-order valence-corrected chi connectivity index (χ4v) is 4.93. The van der Waals surface area contributed by atoms with Gasteiger partial charge in [0.25, 0.3) is 0 Å². The molecule has 0 amide bonds. The van der Waals surface area contributed by atoms with Crippen LogP contribution in [0.4, 0.5) is 11.8 Å². The van der Waals surface area contributed by atoms with Crippen LogP contribution in [-0.4, -0.2) is 51.8 Å². The van der Waals surface area contributed by atoms with Gasteiger partial charge in [-0.15, -0.1) is 0 Å². The molecule has 208 valence electrons. The van der Waals surface area contributed by atoms with Crippen LogP contribution in [0.3, 0.4) is 0 Å². The van der Waals surface area contributed by atoms with Gasteiger partial charge in [0.2, 0.25) is 5.95 Å². The SMILES string of the molecule is CCCC/C=C\CCOCCOP(=O)(CO[C@H](C)Cn1cnc2c(N)nc(N)nc21)OCc1ccccc1. The van der Waals surface area contributed by atoms with Crippen LogP contribution in [-0.2, 0) is 36.2 Å². The second-order valence-electron chi connectivity index (χ2n) is 8.86. The third-order valence-corrected chi connectivity index (χ3v) is 7.15. The van der Waals surface area contributed by atoms with Gasteiger partial charge in [-0.2, -0.15) is 9.97 Å². The number of nitrogen functional groups attached to an aromatic ring is 2. The Balaban J connectivity index is 1.51. The van der Waals surface area contributed by atoms with Crippen LogP contribution < -0.4 is 11.5 Å². The molecule has 1 aromatic carbocycles. The second kappa shape index (κ2) is 15.6. The van der Waals surface area contributed by atoms with Gasteiger partial charge in [0.05, 0.1) is 45.4 Å². The first kappa shape index (κ1) is 29.7. The third kappa shape index (κ3) is 9.81. The van der Waals surface area contributed by atoms with Crippen molar-refractivity contribution in [2.75, 3.05) is 37.6 Å². The van der Waals surface area contributed by atoms with Crippen molar-refractivity contribution in [3.8, 4) is 0 Å². The number of anilines is 2. The van der Waals surface area contributed by atoms with Crippen LogP contribution in [0.15, 0.2) is 48.8 Å². The Bertz CT molecular complexity index is 1190. The smallest absolute Gasteiger partial charge is 0.356 e. The highest BCUT2D eigenvalue weighted by molar-refractivity contribution is 7.53. The van der Waals surface area contributed by atoms with Gasteiger partial charge >= 0.3 is 7.60 Å². The minimum absolute atomic E-state index is 0.0623. The van der Waals surface area contributed by atoms with Gasteiger partial charge in [-0.1, -0.05) is 62.2 Å². The van der Waals surface area contributed by atoms with Crippen molar-refractivity contribution in [2.24, 2.45) is 0 Å². The van der Waals surface area contributed by atoms with E-state index in [4.69, 9.17) is 30.0 Å². The van der Waals surface area contributed by atoms with E-state index in [0.29, 0.717) is 30.9 Å². The average Bonchev–Trinajstić information content (AvgIpc) is 3.30.